The molecule has 21 heavy (non-hydrogen) atoms. The number of nitrogens with zero attached hydrogens (tertiary/aromatic N) is 1. The van der Waals surface area contributed by atoms with Gasteiger partial charge in [0.2, 0.25) is 5.91 Å². The minimum atomic E-state index is -0.485. The van der Waals surface area contributed by atoms with E-state index in [1.54, 1.807) is 12.0 Å². The van der Waals surface area contributed by atoms with Crippen LogP contribution in [0.2, 0.25) is 0 Å². The number of methoxy groups -OCH3 is 1. The molecule has 0 unspecified atom stereocenters. The molecule has 0 aromatic rings. The van der Waals surface area contributed by atoms with Gasteiger partial charge in [0.25, 0.3) is 0 Å². The van der Waals surface area contributed by atoms with Gasteiger partial charge in [-0.1, -0.05) is 0 Å². The molecule has 6 nitrogen and oxygen atoms in total. The molecule has 122 valence electrons. The molecule has 0 radical (unpaired) electrons. The standard InChI is InChI=1S/C15H28N2O4/c1-11(10-20-5)16-13(18)12-6-8-17(9-7-12)14(19)21-15(2,3)4/h11-12H,6-10H2,1-5H3,(H,16,18)/t11-/m1/s1. The van der Waals surface area contributed by atoms with Crippen molar-refractivity contribution in [3.05, 3.63) is 0 Å². The van der Waals surface area contributed by atoms with Crippen LogP contribution in [0.1, 0.15) is 40.5 Å². The number of carbonyl (C=O) groups excluding carboxylic acids is 2. The van der Waals surface area contributed by atoms with Gasteiger partial charge < -0.3 is 19.7 Å². The molecule has 1 rings (SSSR count). The van der Waals surface area contributed by atoms with E-state index in [2.05, 4.69) is 5.32 Å². The van der Waals surface area contributed by atoms with Crippen LogP contribution in [0.3, 0.4) is 0 Å². The van der Waals surface area contributed by atoms with Crippen molar-refractivity contribution in [1.29, 1.82) is 0 Å². The van der Waals surface area contributed by atoms with Crippen molar-refractivity contribution in [2.45, 2.75) is 52.2 Å². The zero-order valence-electron chi connectivity index (χ0n) is 13.8. The Hall–Kier alpha value is -1.30. The SMILES string of the molecule is COC[C@@H](C)NC(=O)C1CCN(C(=O)OC(C)(C)C)CC1. The van der Waals surface area contributed by atoms with Gasteiger partial charge in [0.1, 0.15) is 5.60 Å². The summed E-state index contributed by atoms with van der Waals surface area (Å²) in [5, 5.41) is 2.93. The third kappa shape index (κ3) is 6.33. The number of piperidine rings is 1. The highest BCUT2D eigenvalue weighted by molar-refractivity contribution is 5.79. The first-order chi connectivity index (χ1) is 9.73. The van der Waals surface area contributed by atoms with Crippen molar-refractivity contribution in [3.63, 3.8) is 0 Å². The van der Waals surface area contributed by atoms with Crippen LogP contribution < -0.4 is 5.32 Å². The summed E-state index contributed by atoms with van der Waals surface area (Å²) in [6.45, 7) is 9.09. The quantitative estimate of drug-likeness (QED) is 0.859. The first kappa shape index (κ1) is 17.8. The molecule has 0 bridgehead atoms. The lowest BCUT2D eigenvalue weighted by atomic mass is 9.96. The number of rotatable bonds is 4. The molecule has 1 fully saturated rings. The summed E-state index contributed by atoms with van der Waals surface area (Å²) in [6, 6.07) is 0.00591. The minimum Gasteiger partial charge on any atom is -0.444 e. The Kier molecular flexibility index (Phi) is 6.45. The van der Waals surface area contributed by atoms with Crippen LogP contribution in [-0.2, 0) is 14.3 Å². The summed E-state index contributed by atoms with van der Waals surface area (Å²) in [4.78, 5) is 25.7. The predicted octanol–water partition coefficient (Wildman–Crippen LogP) is 1.78. The second kappa shape index (κ2) is 7.64. The Labute approximate surface area is 127 Å². The van der Waals surface area contributed by atoms with Gasteiger partial charge in [-0.05, 0) is 40.5 Å². The van der Waals surface area contributed by atoms with Crippen LogP contribution in [0.5, 0.6) is 0 Å². The average molecular weight is 300 g/mol. The molecular formula is C15H28N2O4. The van der Waals surface area contributed by atoms with Gasteiger partial charge in [-0.15, -0.1) is 0 Å². The fourth-order valence-corrected chi connectivity index (χ4v) is 2.30. The van der Waals surface area contributed by atoms with Crippen LogP contribution in [0, 0.1) is 5.92 Å². The lowest BCUT2D eigenvalue weighted by Gasteiger charge is -2.33. The van der Waals surface area contributed by atoms with E-state index in [4.69, 9.17) is 9.47 Å². The second-order valence-corrected chi connectivity index (χ2v) is 6.61. The molecular weight excluding hydrogens is 272 g/mol. The third-order valence-electron chi connectivity index (χ3n) is 3.32. The van der Waals surface area contributed by atoms with Crippen molar-refractivity contribution < 1.29 is 19.1 Å². The van der Waals surface area contributed by atoms with Gasteiger partial charge in [-0.25, -0.2) is 4.79 Å². The Morgan fingerprint density at radius 3 is 2.33 bits per heavy atom. The number of amides is 2. The van der Waals surface area contributed by atoms with Crippen LogP contribution in [0.4, 0.5) is 4.79 Å². The van der Waals surface area contributed by atoms with Crippen LogP contribution >= 0.6 is 0 Å². The van der Waals surface area contributed by atoms with Crippen molar-refractivity contribution in [3.8, 4) is 0 Å². The van der Waals surface area contributed by atoms with Gasteiger partial charge in [0, 0.05) is 32.2 Å². The Morgan fingerprint density at radius 2 is 1.86 bits per heavy atom. The molecule has 1 aliphatic rings. The predicted molar refractivity (Wildman–Crippen MR) is 80.0 cm³/mol. The largest absolute Gasteiger partial charge is 0.444 e. The van der Waals surface area contributed by atoms with E-state index in [0.717, 1.165) is 0 Å². The first-order valence-corrected chi connectivity index (χ1v) is 7.50. The summed E-state index contributed by atoms with van der Waals surface area (Å²) in [5.41, 5.74) is -0.485. The first-order valence-electron chi connectivity index (χ1n) is 7.50. The highest BCUT2D eigenvalue weighted by Gasteiger charge is 2.30. The number of hydrogen-bond donors (Lipinski definition) is 1. The third-order valence-corrected chi connectivity index (χ3v) is 3.32. The molecule has 0 spiro atoms. The minimum absolute atomic E-state index is 0.00591. The number of hydrogen-bond acceptors (Lipinski definition) is 4. The maximum Gasteiger partial charge on any atom is 0.410 e. The lowest BCUT2D eigenvalue weighted by molar-refractivity contribution is -0.127. The van der Waals surface area contributed by atoms with E-state index in [0.29, 0.717) is 32.5 Å². The monoisotopic (exact) mass is 300 g/mol. The molecule has 1 aliphatic heterocycles. The molecule has 0 aliphatic carbocycles. The molecule has 0 aromatic carbocycles. The van der Waals surface area contributed by atoms with Gasteiger partial charge in [0.15, 0.2) is 0 Å². The van der Waals surface area contributed by atoms with E-state index in [1.165, 1.54) is 0 Å². The Bertz CT molecular complexity index is 357. The summed E-state index contributed by atoms with van der Waals surface area (Å²) < 4.78 is 10.3. The molecule has 1 atom stereocenters. The lowest BCUT2D eigenvalue weighted by Crippen LogP contribution is -2.46. The summed E-state index contributed by atoms with van der Waals surface area (Å²) in [7, 11) is 1.61. The maximum absolute atomic E-state index is 12.1. The van der Waals surface area contributed by atoms with Gasteiger partial charge in [0.05, 0.1) is 6.61 Å². The molecule has 1 saturated heterocycles. The topological polar surface area (TPSA) is 67.9 Å². The van der Waals surface area contributed by atoms with E-state index in [-0.39, 0.29) is 24.0 Å². The zero-order chi connectivity index (χ0) is 16.0. The number of likely N-dealkylation sites (tertiary alicyclic amines) is 1. The fourth-order valence-electron chi connectivity index (χ4n) is 2.30. The number of carbonyl (C=O) groups is 2. The number of nitrogens with one attached hydrogen (secondary N) is 1. The summed E-state index contributed by atoms with van der Waals surface area (Å²) in [5.74, 6) is 0.00591. The van der Waals surface area contributed by atoms with E-state index < -0.39 is 5.60 Å². The normalized spacial score (nSPS) is 18.2. The van der Waals surface area contributed by atoms with Crippen LogP contribution in [-0.4, -0.2) is 55.3 Å². The highest BCUT2D eigenvalue weighted by Crippen LogP contribution is 2.20. The molecule has 1 N–H and O–H groups in total. The van der Waals surface area contributed by atoms with E-state index in [9.17, 15) is 9.59 Å². The van der Waals surface area contributed by atoms with Gasteiger partial charge in [-0.3, -0.25) is 4.79 Å². The van der Waals surface area contributed by atoms with Gasteiger partial charge >= 0.3 is 6.09 Å². The van der Waals surface area contributed by atoms with Crippen molar-refractivity contribution >= 4 is 12.0 Å². The van der Waals surface area contributed by atoms with Crippen LogP contribution in [0.25, 0.3) is 0 Å². The maximum atomic E-state index is 12.1. The van der Waals surface area contributed by atoms with Crippen molar-refractivity contribution in [1.82, 2.24) is 10.2 Å². The molecule has 6 heteroatoms. The van der Waals surface area contributed by atoms with E-state index in [1.807, 2.05) is 27.7 Å². The van der Waals surface area contributed by atoms with Crippen molar-refractivity contribution in [2.24, 2.45) is 5.92 Å². The van der Waals surface area contributed by atoms with Gasteiger partial charge in [-0.2, -0.15) is 0 Å². The highest BCUT2D eigenvalue weighted by atomic mass is 16.6. The summed E-state index contributed by atoms with van der Waals surface area (Å²) in [6.07, 6.45) is 1.05. The molecule has 0 saturated carbocycles. The van der Waals surface area contributed by atoms with Crippen molar-refractivity contribution in [2.75, 3.05) is 26.8 Å². The molecule has 2 amide bonds. The Morgan fingerprint density at radius 1 is 1.29 bits per heavy atom. The van der Waals surface area contributed by atoms with Crippen LogP contribution in [0.15, 0.2) is 0 Å². The fraction of sp³-hybridized carbons (Fsp3) is 0.867. The smallest absolute Gasteiger partial charge is 0.410 e. The number of ether oxygens (including phenoxy) is 2. The van der Waals surface area contributed by atoms with E-state index >= 15 is 0 Å². The zero-order valence-corrected chi connectivity index (χ0v) is 13.8. The Balaban J connectivity index is 2.38. The second-order valence-electron chi connectivity index (χ2n) is 6.61. The molecule has 1 heterocycles. The molecule has 0 aromatic heterocycles. The average Bonchev–Trinajstić information content (AvgIpc) is 2.37. The summed E-state index contributed by atoms with van der Waals surface area (Å²) >= 11 is 0.